The van der Waals surface area contributed by atoms with Crippen molar-refractivity contribution in [2.75, 3.05) is 37.8 Å². The van der Waals surface area contributed by atoms with Crippen LogP contribution in [0.4, 0.5) is 14.9 Å². The van der Waals surface area contributed by atoms with E-state index >= 15 is 0 Å². The molecular formula is C16H22FN3O2S. The van der Waals surface area contributed by atoms with Crippen molar-refractivity contribution in [1.29, 1.82) is 0 Å². The highest BCUT2D eigenvalue weighted by molar-refractivity contribution is 7.84. The van der Waals surface area contributed by atoms with Crippen molar-refractivity contribution in [2.24, 2.45) is 0 Å². The molecule has 0 radical (unpaired) electrons. The highest BCUT2D eigenvalue weighted by Gasteiger charge is 2.31. The van der Waals surface area contributed by atoms with Crippen LogP contribution in [0, 0.1) is 5.82 Å². The molecule has 0 bridgehead atoms. The van der Waals surface area contributed by atoms with Gasteiger partial charge in [-0.25, -0.2) is 9.18 Å². The fourth-order valence-electron chi connectivity index (χ4n) is 3.35. The molecule has 0 spiro atoms. The van der Waals surface area contributed by atoms with Gasteiger partial charge in [0.25, 0.3) is 0 Å². The highest BCUT2D eigenvalue weighted by Crippen LogP contribution is 2.22. The maximum absolute atomic E-state index is 13.8. The van der Waals surface area contributed by atoms with Gasteiger partial charge in [0, 0.05) is 31.1 Å². The predicted molar refractivity (Wildman–Crippen MR) is 88.5 cm³/mol. The normalized spacial score (nSPS) is 23.2. The first-order valence-electron chi connectivity index (χ1n) is 7.97. The van der Waals surface area contributed by atoms with Crippen molar-refractivity contribution in [3.8, 4) is 0 Å². The summed E-state index contributed by atoms with van der Waals surface area (Å²) in [7, 11) is -1.37. The molecule has 1 aromatic rings. The van der Waals surface area contributed by atoms with Crippen LogP contribution in [0.3, 0.4) is 0 Å². The van der Waals surface area contributed by atoms with Crippen LogP contribution in [-0.4, -0.2) is 58.5 Å². The monoisotopic (exact) mass is 339 g/mol. The molecule has 23 heavy (non-hydrogen) atoms. The number of carbonyl (C=O) groups is 1. The Labute approximate surface area is 138 Å². The number of benzene rings is 1. The number of nitrogens with zero attached hydrogens (tertiary/aromatic N) is 2. The third kappa shape index (κ3) is 3.72. The Balaban J connectivity index is 1.59. The molecule has 0 aliphatic carbocycles. The second-order valence-electron chi connectivity index (χ2n) is 6.16. The topological polar surface area (TPSA) is 52.7 Å². The zero-order chi connectivity index (χ0) is 16.4. The Morgan fingerprint density at radius 3 is 2.70 bits per heavy atom. The first-order valence-corrected chi connectivity index (χ1v) is 9.53. The minimum Gasteiger partial charge on any atom is -0.323 e. The molecule has 5 nitrogen and oxygen atoms in total. The van der Waals surface area contributed by atoms with Gasteiger partial charge in [0.05, 0.1) is 15.7 Å². The number of likely N-dealkylation sites (tertiary alicyclic amines) is 2. The van der Waals surface area contributed by atoms with E-state index in [4.69, 9.17) is 0 Å². The Morgan fingerprint density at radius 2 is 2.04 bits per heavy atom. The van der Waals surface area contributed by atoms with Crippen molar-refractivity contribution in [3.63, 3.8) is 0 Å². The van der Waals surface area contributed by atoms with Gasteiger partial charge in [0.15, 0.2) is 0 Å². The molecule has 3 rings (SSSR count). The minimum absolute atomic E-state index is 0.151. The van der Waals surface area contributed by atoms with Gasteiger partial charge in [-0.05, 0) is 50.6 Å². The average molecular weight is 339 g/mol. The van der Waals surface area contributed by atoms with E-state index in [0.717, 1.165) is 32.6 Å². The highest BCUT2D eigenvalue weighted by atomic mass is 32.2. The minimum atomic E-state index is -1.37. The molecule has 7 heteroatoms. The van der Waals surface area contributed by atoms with E-state index in [2.05, 4.69) is 10.2 Å². The SMILES string of the molecule is C[S@](=O)c1ccc(NC(=O)N2CC[C@@H](N3CCCC3)C2)cc1F. The summed E-state index contributed by atoms with van der Waals surface area (Å²) in [6.45, 7) is 3.71. The van der Waals surface area contributed by atoms with Crippen LogP contribution in [0.15, 0.2) is 23.1 Å². The Kier molecular flexibility index (Phi) is 4.96. The molecule has 2 aliphatic heterocycles. The van der Waals surface area contributed by atoms with Crippen molar-refractivity contribution in [1.82, 2.24) is 9.80 Å². The summed E-state index contributed by atoms with van der Waals surface area (Å²) in [6.07, 6.45) is 4.91. The molecule has 2 amide bonds. The summed E-state index contributed by atoms with van der Waals surface area (Å²) in [5, 5.41) is 2.73. The zero-order valence-electron chi connectivity index (χ0n) is 13.3. The van der Waals surface area contributed by atoms with E-state index in [1.165, 1.54) is 31.2 Å². The largest absolute Gasteiger partial charge is 0.323 e. The molecule has 2 saturated heterocycles. The molecule has 2 atom stereocenters. The lowest BCUT2D eigenvalue weighted by molar-refractivity contribution is 0.210. The van der Waals surface area contributed by atoms with Crippen molar-refractivity contribution in [2.45, 2.75) is 30.2 Å². The van der Waals surface area contributed by atoms with Gasteiger partial charge in [-0.1, -0.05) is 0 Å². The molecule has 2 heterocycles. The molecule has 0 saturated carbocycles. The maximum atomic E-state index is 13.8. The number of carbonyl (C=O) groups excluding carboxylic acids is 1. The summed E-state index contributed by atoms with van der Waals surface area (Å²) in [6, 6.07) is 4.52. The van der Waals surface area contributed by atoms with E-state index in [-0.39, 0.29) is 10.9 Å². The lowest BCUT2D eigenvalue weighted by atomic mass is 10.2. The van der Waals surface area contributed by atoms with Crippen LogP contribution >= 0.6 is 0 Å². The molecule has 2 fully saturated rings. The second-order valence-corrected chi connectivity index (χ2v) is 7.51. The van der Waals surface area contributed by atoms with Gasteiger partial charge in [-0.2, -0.15) is 0 Å². The van der Waals surface area contributed by atoms with Crippen molar-refractivity contribution >= 4 is 22.5 Å². The number of nitrogens with one attached hydrogen (secondary N) is 1. The molecule has 2 aliphatic rings. The van der Waals surface area contributed by atoms with Crippen LogP contribution in [0.25, 0.3) is 0 Å². The number of urea groups is 1. The summed E-state index contributed by atoms with van der Waals surface area (Å²) >= 11 is 0. The lowest BCUT2D eigenvalue weighted by Gasteiger charge is -2.23. The average Bonchev–Trinajstić information content (AvgIpc) is 3.18. The van der Waals surface area contributed by atoms with Gasteiger partial charge in [0.2, 0.25) is 0 Å². The van der Waals surface area contributed by atoms with Crippen LogP contribution in [0.2, 0.25) is 0 Å². The van der Waals surface area contributed by atoms with Gasteiger partial charge in [0.1, 0.15) is 5.82 Å². The number of hydrogen-bond acceptors (Lipinski definition) is 3. The van der Waals surface area contributed by atoms with Gasteiger partial charge in [-0.3, -0.25) is 9.11 Å². The molecule has 126 valence electrons. The smallest absolute Gasteiger partial charge is 0.321 e. The van der Waals surface area contributed by atoms with Crippen molar-refractivity contribution in [3.05, 3.63) is 24.0 Å². The number of anilines is 1. The van der Waals surface area contributed by atoms with Crippen molar-refractivity contribution < 1.29 is 13.4 Å². The van der Waals surface area contributed by atoms with E-state index in [9.17, 15) is 13.4 Å². The predicted octanol–water partition coefficient (Wildman–Crippen LogP) is 2.27. The van der Waals surface area contributed by atoms with Gasteiger partial charge in [-0.15, -0.1) is 0 Å². The molecule has 1 aromatic carbocycles. The Hall–Kier alpha value is -1.47. The number of rotatable bonds is 3. The fourth-order valence-corrected chi connectivity index (χ4v) is 3.94. The van der Waals surface area contributed by atoms with Crippen LogP contribution in [0.1, 0.15) is 19.3 Å². The van der Waals surface area contributed by atoms with Gasteiger partial charge < -0.3 is 10.2 Å². The third-order valence-electron chi connectivity index (χ3n) is 4.60. The van der Waals surface area contributed by atoms with E-state index < -0.39 is 16.6 Å². The van der Waals surface area contributed by atoms with E-state index in [1.807, 2.05) is 0 Å². The lowest BCUT2D eigenvalue weighted by Crippen LogP contribution is -2.38. The first kappa shape index (κ1) is 16.4. The Morgan fingerprint density at radius 1 is 1.30 bits per heavy atom. The second kappa shape index (κ2) is 6.97. The standard InChI is InChI=1S/C16H22FN3O2S/c1-23(22)15-5-4-12(10-14(15)17)18-16(21)20-9-6-13(11-20)19-7-2-3-8-19/h4-5,10,13H,2-3,6-9,11H2,1H3,(H,18,21)/t13-,23+/m1/s1. The number of hydrogen-bond donors (Lipinski definition) is 1. The molecule has 0 aromatic heterocycles. The summed E-state index contributed by atoms with van der Waals surface area (Å²) in [5.41, 5.74) is 0.395. The quantitative estimate of drug-likeness (QED) is 0.919. The van der Waals surface area contributed by atoms with Gasteiger partial charge >= 0.3 is 6.03 Å². The molecular weight excluding hydrogens is 317 g/mol. The van der Waals surface area contributed by atoms with E-state index in [0.29, 0.717) is 11.7 Å². The maximum Gasteiger partial charge on any atom is 0.321 e. The molecule has 1 N–H and O–H groups in total. The summed E-state index contributed by atoms with van der Waals surface area (Å²) in [4.78, 5) is 16.7. The fraction of sp³-hybridized carbons (Fsp3) is 0.562. The van der Waals surface area contributed by atoms with Crippen LogP contribution in [-0.2, 0) is 10.8 Å². The van der Waals surface area contributed by atoms with E-state index in [1.54, 1.807) is 11.0 Å². The first-order chi connectivity index (χ1) is 11.0. The summed E-state index contributed by atoms with van der Waals surface area (Å²) < 4.78 is 25.2. The zero-order valence-corrected chi connectivity index (χ0v) is 14.1. The number of amides is 2. The molecule has 0 unspecified atom stereocenters. The summed E-state index contributed by atoms with van der Waals surface area (Å²) in [5.74, 6) is -0.556. The third-order valence-corrected chi connectivity index (χ3v) is 5.55. The van der Waals surface area contributed by atoms with Crippen LogP contribution in [0.5, 0.6) is 0 Å². The Bertz CT molecular complexity index is 619. The number of halogens is 1. The van der Waals surface area contributed by atoms with Crippen LogP contribution < -0.4 is 5.32 Å².